The Hall–Kier alpha value is -2.90. The number of amides is 2. The fourth-order valence-corrected chi connectivity index (χ4v) is 2.03. The third-order valence-electron chi connectivity index (χ3n) is 3.53. The molecule has 25 heavy (non-hydrogen) atoms. The minimum Gasteiger partial charge on any atom is -0.494 e. The van der Waals surface area contributed by atoms with Crippen LogP contribution in [0.1, 0.15) is 33.1 Å². The van der Waals surface area contributed by atoms with Crippen LogP contribution in [0.4, 0.5) is 0 Å². The first-order chi connectivity index (χ1) is 11.8. The number of aryl methyl sites for hydroxylation is 1. The monoisotopic (exact) mass is 346 g/mol. The first kappa shape index (κ1) is 18.4. The van der Waals surface area contributed by atoms with Gasteiger partial charge in [0.15, 0.2) is 0 Å². The molecular formula is C17H22N4O4. The second-order valence-electron chi connectivity index (χ2n) is 6.01. The molecule has 2 amide bonds. The molecule has 0 saturated carbocycles. The summed E-state index contributed by atoms with van der Waals surface area (Å²) in [5, 5.41) is 6.48. The van der Waals surface area contributed by atoms with Crippen molar-refractivity contribution in [2.24, 2.45) is 5.73 Å². The molecule has 0 aliphatic heterocycles. The van der Waals surface area contributed by atoms with Crippen LogP contribution in [-0.2, 0) is 16.0 Å². The summed E-state index contributed by atoms with van der Waals surface area (Å²) in [6.07, 6.45) is 0.381. The third kappa shape index (κ3) is 5.03. The second kappa shape index (κ2) is 7.78. The highest BCUT2D eigenvalue weighted by atomic mass is 16.5. The van der Waals surface area contributed by atoms with Crippen molar-refractivity contribution < 1.29 is 18.8 Å². The highest BCUT2D eigenvalue weighted by Gasteiger charge is 2.26. The number of nitrogens with zero attached hydrogens (tertiary/aromatic N) is 2. The van der Waals surface area contributed by atoms with E-state index in [1.807, 2.05) is 31.2 Å². The van der Waals surface area contributed by atoms with Crippen molar-refractivity contribution in [3.8, 4) is 17.1 Å². The smallest absolute Gasteiger partial charge is 0.242 e. The van der Waals surface area contributed by atoms with E-state index < -0.39 is 11.4 Å². The predicted octanol–water partition coefficient (Wildman–Crippen LogP) is 1.45. The number of primary amides is 1. The van der Waals surface area contributed by atoms with Crippen LogP contribution in [0.5, 0.6) is 5.75 Å². The van der Waals surface area contributed by atoms with E-state index in [4.69, 9.17) is 15.0 Å². The molecule has 3 N–H and O–H groups in total. The largest absolute Gasteiger partial charge is 0.494 e. The van der Waals surface area contributed by atoms with E-state index >= 15 is 0 Å². The number of aromatic nitrogens is 2. The fraction of sp³-hybridized carbons (Fsp3) is 0.412. The number of carbonyl (C=O) groups is 2. The number of rotatable bonds is 8. The molecule has 134 valence electrons. The second-order valence-corrected chi connectivity index (χ2v) is 6.01. The maximum absolute atomic E-state index is 11.9. The van der Waals surface area contributed by atoms with E-state index in [1.165, 1.54) is 0 Å². The lowest BCUT2D eigenvalue weighted by atomic mass is 10.0. The van der Waals surface area contributed by atoms with Crippen molar-refractivity contribution in [2.75, 3.05) is 6.61 Å². The lowest BCUT2D eigenvalue weighted by Crippen LogP contribution is -2.53. The van der Waals surface area contributed by atoms with Gasteiger partial charge in [-0.1, -0.05) is 5.16 Å². The first-order valence-corrected chi connectivity index (χ1v) is 7.98. The summed E-state index contributed by atoms with van der Waals surface area (Å²) in [6.45, 7) is 5.61. The summed E-state index contributed by atoms with van der Waals surface area (Å²) in [6, 6.07) is 7.33. The Morgan fingerprint density at radius 3 is 2.56 bits per heavy atom. The number of hydrogen-bond acceptors (Lipinski definition) is 6. The summed E-state index contributed by atoms with van der Waals surface area (Å²) >= 11 is 0. The highest BCUT2D eigenvalue weighted by molar-refractivity contribution is 5.89. The van der Waals surface area contributed by atoms with Crippen molar-refractivity contribution in [1.29, 1.82) is 0 Å². The molecule has 8 heteroatoms. The zero-order chi connectivity index (χ0) is 18.4. The Morgan fingerprint density at radius 1 is 1.28 bits per heavy atom. The number of ether oxygens (including phenoxy) is 1. The van der Waals surface area contributed by atoms with Gasteiger partial charge >= 0.3 is 0 Å². The molecule has 1 heterocycles. The van der Waals surface area contributed by atoms with Crippen LogP contribution in [0, 0.1) is 0 Å². The third-order valence-corrected chi connectivity index (χ3v) is 3.53. The zero-order valence-corrected chi connectivity index (χ0v) is 14.5. The lowest BCUT2D eigenvalue weighted by Gasteiger charge is -2.21. The Balaban J connectivity index is 1.93. The molecule has 2 rings (SSSR count). The topological polar surface area (TPSA) is 120 Å². The normalized spacial score (nSPS) is 11.2. The van der Waals surface area contributed by atoms with Crippen molar-refractivity contribution >= 4 is 11.8 Å². The van der Waals surface area contributed by atoms with Crippen molar-refractivity contribution in [2.45, 2.75) is 39.2 Å². The van der Waals surface area contributed by atoms with Gasteiger partial charge in [-0.2, -0.15) is 4.98 Å². The van der Waals surface area contributed by atoms with Gasteiger partial charge in [0.1, 0.15) is 11.3 Å². The van der Waals surface area contributed by atoms with Gasteiger partial charge < -0.3 is 20.3 Å². The maximum Gasteiger partial charge on any atom is 0.242 e. The van der Waals surface area contributed by atoms with Crippen LogP contribution in [0.2, 0.25) is 0 Å². The summed E-state index contributed by atoms with van der Waals surface area (Å²) in [4.78, 5) is 27.4. The molecule has 0 bridgehead atoms. The molecule has 0 fully saturated rings. The van der Waals surface area contributed by atoms with Crippen LogP contribution in [0.3, 0.4) is 0 Å². The molecule has 0 aliphatic carbocycles. The molecule has 0 saturated heterocycles. The van der Waals surface area contributed by atoms with Crippen LogP contribution in [0.15, 0.2) is 28.8 Å². The molecule has 0 spiro atoms. The van der Waals surface area contributed by atoms with Crippen LogP contribution < -0.4 is 15.8 Å². The van der Waals surface area contributed by atoms with E-state index in [0.29, 0.717) is 18.3 Å². The van der Waals surface area contributed by atoms with E-state index in [0.717, 1.165) is 11.3 Å². The zero-order valence-electron chi connectivity index (χ0n) is 14.5. The summed E-state index contributed by atoms with van der Waals surface area (Å²) < 4.78 is 10.5. The summed E-state index contributed by atoms with van der Waals surface area (Å²) in [5.41, 5.74) is 4.91. The Labute approximate surface area is 145 Å². The minimum absolute atomic E-state index is 0.113. The Morgan fingerprint density at radius 2 is 1.96 bits per heavy atom. The van der Waals surface area contributed by atoms with Crippen molar-refractivity contribution in [1.82, 2.24) is 15.5 Å². The molecule has 8 nitrogen and oxygen atoms in total. The fourth-order valence-electron chi connectivity index (χ4n) is 2.03. The molecule has 1 aromatic carbocycles. The first-order valence-electron chi connectivity index (χ1n) is 7.98. The Kier molecular flexibility index (Phi) is 5.74. The van der Waals surface area contributed by atoms with Crippen LogP contribution >= 0.6 is 0 Å². The summed E-state index contributed by atoms with van der Waals surface area (Å²) in [5.74, 6) is 0.636. The van der Waals surface area contributed by atoms with Gasteiger partial charge in [0.05, 0.1) is 6.61 Å². The average Bonchev–Trinajstić information content (AvgIpc) is 3.02. The van der Waals surface area contributed by atoms with Crippen molar-refractivity contribution in [3.63, 3.8) is 0 Å². The molecule has 0 atom stereocenters. The van der Waals surface area contributed by atoms with Gasteiger partial charge in [-0.25, -0.2) is 0 Å². The number of nitrogens with two attached hydrogens (primary N) is 1. The van der Waals surface area contributed by atoms with Gasteiger partial charge in [-0.05, 0) is 45.0 Å². The van der Waals surface area contributed by atoms with Gasteiger partial charge in [0, 0.05) is 18.4 Å². The molecule has 0 unspecified atom stereocenters. The Bertz CT molecular complexity index is 737. The van der Waals surface area contributed by atoms with E-state index in [-0.39, 0.29) is 18.7 Å². The van der Waals surface area contributed by atoms with Crippen LogP contribution in [-0.4, -0.2) is 34.1 Å². The SMILES string of the molecule is CCOc1ccc(-c2noc(CCC(=O)NC(C)(C)C(N)=O)n2)cc1. The molecule has 0 radical (unpaired) electrons. The lowest BCUT2D eigenvalue weighted by molar-refractivity contribution is -0.130. The minimum atomic E-state index is -1.10. The highest BCUT2D eigenvalue weighted by Crippen LogP contribution is 2.20. The standard InChI is InChI=1S/C17H22N4O4/c1-4-24-12-7-5-11(6-8-12)15-19-14(25-21-15)10-9-13(22)20-17(2,3)16(18)23/h5-8H,4,9-10H2,1-3H3,(H2,18,23)(H,20,22). The van der Waals surface area contributed by atoms with Gasteiger partial charge in [0.2, 0.25) is 23.5 Å². The van der Waals surface area contributed by atoms with Gasteiger partial charge in [-0.15, -0.1) is 0 Å². The molecule has 0 aliphatic rings. The van der Waals surface area contributed by atoms with Crippen molar-refractivity contribution in [3.05, 3.63) is 30.2 Å². The van der Waals surface area contributed by atoms with Gasteiger partial charge in [-0.3, -0.25) is 9.59 Å². The number of carbonyl (C=O) groups excluding carboxylic acids is 2. The number of hydrogen-bond donors (Lipinski definition) is 2. The average molecular weight is 346 g/mol. The predicted molar refractivity (Wildman–Crippen MR) is 90.6 cm³/mol. The maximum atomic E-state index is 11.9. The molecule has 2 aromatic rings. The van der Waals surface area contributed by atoms with E-state index in [2.05, 4.69) is 15.5 Å². The van der Waals surface area contributed by atoms with E-state index in [1.54, 1.807) is 13.8 Å². The number of nitrogens with one attached hydrogen (secondary N) is 1. The molecule has 1 aromatic heterocycles. The number of benzene rings is 1. The van der Waals surface area contributed by atoms with Gasteiger partial charge in [0.25, 0.3) is 0 Å². The summed E-state index contributed by atoms with van der Waals surface area (Å²) in [7, 11) is 0. The van der Waals surface area contributed by atoms with E-state index in [9.17, 15) is 9.59 Å². The van der Waals surface area contributed by atoms with Crippen LogP contribution in [0.25, 0.3) is 11.4 Å². The molecular weight excluding hydrogens is 324 g/mol. The quantitative estimate of drug-likeness (QED) is 0.746.